The van der Waals surface area contributed by atoms with Crippen LogP contribution >= 0.6 is 0 Å². The largest absolute Gasteiger partial charge is 0.464 e. The molecule has 1 aliphatic carbocycles. The normalized spacial score (nSPS) is 29.0. The van der Waals surface area contributed by atoms with Crippen LogP contribution in [0.1, 0.15) is 65.2 Å². The molecule has 1 rings (SSSR count). The molecule has 2 N–H and O–H groups in total. The van der Waals surface area contributed by atoms with Crippen LogP contribution in [0.5, 0.6) is 0 Å². The van der Waals surface area contributed by atoms with Gasteiger partial charge >= 0.3 is 5.97 Å². The van der Waals surface area contributed by atoms with Crippen LogP contribution < -0.4 is 5.73 Å². The summed E-state index contributed by atoms with van der Waals surface area (Å²) in [5.41, 5.74) is 5.43. The highest BCUT2D eigenvalue weighted by Gasteiger charge is 2.38. The Morgan fingerprint density at radius 3 is 2.53 bits per heavy atom. The van der Waals surface area contributed by atoms with Gasteiger partial charge < -0.3 is 10.5 Å². The van der Waals surface area contributed by atoms with Crippen molar-refractivity contribution in [1.29, 1.82) is 0 Å². The van der Waals surface area contributed by atoms with Gasteiger partial charge in [-0.1, -0.05) is 33.1 Å². The fourth-order valence-electron chi connectivity index (χ4n) is 2.32. The van der Waals surface area contributed by atoms with E-state index < -0.39 is 5.54 Å². The van der Waals surface area contributed by atoms with Crippen molar-refractivity contribution < 1.29 is 9.53 Å². The molecule has 0 aromatic carbocycles. The molecule has 0 aliphatic heterocycles. The first kappa shape index (κ1) is 14.5. The Kier molecular flexibility index (Phi) is 5.96. The monoisotopic (exact) mass is 241 g/mol. The van der Waals surface area contributed by atoms with Gasteiger partial charge in [-0.2, -0.15) is 0 Å². The number of carbonyl (C=O) groups excluding carboxylic acids is 1. The molecule has 3 nitrogen and oxygen atoms in total. The maximum Gasteiger partial charge on any atom is 0.326 e. The highest BCUT2D eigenvalue weighted by molar-refractivity contribution is 5.80. The summed E-state index contributed by atoms with van der Waals surface area (Å²) in [6, 6.07) is 0. The van der Waals surface area contributed by atoms with Crippen molar-refractivity contribution in [2.24, 2.45) is 11.7 Å². The molecule has 100 valence electrons. The number of esters is 1. The van der Waals surface area contributed by atoms with Gasteiger partial charge in [-0.05, 0) is 38.0 Å². The van der Waals surface area contributed by atoms with E-state index >= 15 is 0 Å². The maximum atomic E-state index is 11.9. The van der Waals surface area contributed by atoms with Crippen molar-refractivity contribution in [3.63, 3.8) is 0 Å². The Hall–Kier alpha value is -0.570. The molecule has 0 aromatic heterocycles. The number of unbranched alkanes of at least 4 members (excludes halogenated alkanes) is 3. The maximum absolute atomic E-state index is 11.9. The number of hydrogen-bond acceptors (Lipinski definition) is 3. The summed E-state index contributed by atoms with van der Waals surface area (Å²) in [4.78, 5) is 11.9. The third-order valence-corrected chi connectivity index (χ3v) is 3.80. The van der Waals surface area contributed by atoms with Gasteiger partial charge in [0, 0.05) is 0 Å². The molecular formula is C14H27NO2. The van der Waals surface area contributed by atoms with E-state index in [0.717, 1.165) is 38.5 Å². The van der Waals surface area contributed by atoms with Gasteiger partial charge in [0.15, 0.2) is 0 Å². The van der Waals surface area contributed by atoms with Crippen LogP contribution in [0.25, 0.3) is 0 Å². The van der Waals surface area contributed by atoms with Gasteiger partial charge in [-0.15, -0.1) is 0 Å². The van der Waals surface area contributed by atoms with Crippen LogP contribution in [-0.2, 0) is 9.53 Å². The van der Waals surface area contributed by atoms with Gasteiger partial charge in [0.05, 0.1) is 6.61 Å². The Labute approximate surface area is 105 Å². The Morgan fingerprint density at radius 1 is 1.29 bits per heavy atom. The highest BCUT2D eigenvalue weighted by atomic mass is 16.5. The summed E-state index contributed by atoms with van der Waals surface area (Å²) in [5.74, 6) is 0.518. The summed E-state index contributed by atoms with van der Waals surface area (Å²) in [6.45, 7) is 4.92. The number of nitrogens with two attached hydrogens (primary N) is 1. The van der Waals surface area contributed by atoms with E-state index in [4.69, 9.17) is 10.5 Å². The van der Waals surface area contributed by atoms with Crippen LogP contribution in [0.2, 0.25) is 0 Å². The number of hydrogen-bond donors (Lipinski definition) is 1. The zero-order valence-corrected chi connectivity index (χ0v) is 11.3. The van der Waals surface area contributed by atoms with E-state index in [0.29, 0.717) is 12.5 Å². The van der Waals surface area contributed by atoms with Gasteiger partial charge in [0.2, 0.25) is 0 Å². The molecule has 0 heterocycles. The van der Waals surface area contributed by atoms with E-state index in [1.165, 1.54) is 12.8 Å². The van der Waals surface area contributed by atoms with Gasteiger partial charge in [0.25, 0.3) is 0 Å². The fraction of sp³-hybridized carbons (Fsp3) is 0.929. The summed E-state index contributed by atoms with van der Waals surface area (Å²) in [5, 5.41) is 0. The van der Waals surface area contributed by atoms with Gasteiger partial charge in [-0.25, -0.2) is 0 Å². The van der Waals surface area contributed by atoms with E-state index in [2.05, 4.69) is 13.8 Å². The third kappa shape index (κ3) is 4.66. The van der Waals surface area contributed by atoms with E-state index in [9.17, 15) is 4.79 Å². The molecule has 0 bridgehead atoms. The highest BCUT2D eigenvalue weighted by Crippen LogP contribution is 2.30. The number of carbonyl (C=O) groups is 1. The summed E-state index contributed by atoms with van der Waals surface area (Å²) >= 11 is 0. The molecular weight excluding hydrogens is 214 g/mol. The van der Waals surface area contributed by atoms with Gasteiger partial charge in [0.1, 0.15) is 5.54 Å². The molecule has 0 atom stereocenters. The molecule has 0 saturated heterocycles. The lowest BCUT2D eigenvalue weighted by Crippen LogP contribution is -2.51. The minimum atomic E-state index is -0.697. The predicted molar refractivity (Wildman–Crippen MR) is 69.7 cm³/mol. The molecule has 0 spiro atoms. The van der Waals surface area contributed by atoms with Crippen molar-refractivity contribution in [3.8, 4) is 0 Å². The van der Waals surface area contributed by atoms with Crippen molar-refractivity contribution in [2.75, 3.05) is 6.61 Å². The van der Waals surface area contributed by atoms with E-state index in [1.54, 1.807) is 0 Å². The second-order valence-electron chi connectivity index (χ2n) is 5.54. The molecule has 1 aliphatic rings. The Balaban J connectivity index is 2.22. The van der Waals surface area contributed by atoms with E-state index in [1.807, 2.05) is 0 Å². The molecule has 17 heavy (non-hydrogen) atoms. The standard InChI is InChI=1S/C14H27NO2/c1-3-4-5-6-11-17-13(16)14(15)9-7-12(2)8-10-14/h12H,3-11,15H2,1-2H3. The lowest BCUT2D eigenvalue weighted by Gasteiger charge is -2.33. The fourth-order valence-corrected chi connectivity index (χ4v) is 2.32. The second-order valence-corrected chi connectivity index (χ2v) is 5.54. The zero-order valence-electron chi connectivity index (χ0n) is 11.3. The Bertz CT molecular complexity index is 232. The second kappa shape index (κ2) is 7.00. The average Bonchev–Trinajstić information content (AvgIpc) is 2.32. The zero-order chi connectivity index (χ0) is 12.7. The van der Waals surface area contributed by atoms with Crippen LogP contribution in [0.15, 0.2) is 0 Å². The molecule has 1 saturated carbocycles. The van der Waals surface area contributed by atoms with Crippen LogP contribution in [0, 0.1) is 5.92 Å². The summed E-state index contributed by atoms with van der Waals surface area (Å²) in [7, 11) is 0. The lowest BCUT2D eigenvalue weighted by atomic mass is 9.78. The first-order valence-corrected chi connectivity index (χ1v) is 7.04. The molecule has 3 heteroatoms. The smallest absolute Gasteiger partial charge is 0.326 e. The predicted octanol–water partition coefficient (Wildman–Crippen LogP) is 3.02. The van der Waals surface area contributed by atoms with Crippen molar-refractivity contribution >= 4 is 5.97 Å². The summed E-state index contributed by atoms with van der Waals surface area (Å²) < 4.78 is 5.30. The number of ether oxygens (including phenoxy) is 1. The van der Waals surface area contributed by atoms with Crippen LogP contribution in [0.3, 0.4) is 0 Å². The van der Waals surface area contributed by atoms with Crippen molar-refractivity contribution in [2.45, 2.75) is 70.8 Å². The molecule has 0 aromatic rings. The van der Waals surface area contributed by atoms with Crippen molar-refractivity contribution in [1.82, 2.24) is 0 Å². The third-order valence-electron chi connectivity index (χ3n) is 3.80. The number of rotatable bonds is 6. The van der Waals surface area contributed by atoms with Crippen molar-refractivity contribution in [3.05, 3.63) is 0 Å². The molecule has 0 unspecified atom stereocenters. The lowest BCUT2D eigenvalue weighted by molar-refractivity contribution is -0.152. The van der Waals surface area contributed by atoms with Gasteiger partial charge in [-0.3, -0.25) is 4.79 Å². The molecule has 1 fully saturated rings. The molecule has 0 amide bonds. The van der Waals surface area contributed by atoms with Crippen LogP contribution in [-0.4, -0.2) is 18.1 Å². The first-order valence-electron chi connectivity index (χ1n) is 7.04. The quantitative estimate of drug-likeness (QED) is 0.574. The SMILES string of the molecule is CCCCCCOC(=O)C1(N)CCC(C)CC1. The first-order chi connectivity index (χ1) is 8.08. The molecule has 0 radical (unpaired) electrons. The van der Waals surface area contributed by atoms with Crippen LogP contribution in [0.4, 0.5) is 0 Å². The van der Waals surface area contributed by atoms with E-state index in [-0.39, 0.29) is 5.97 Å². The minimum Gasteiger partial charge on any atom is -0.464 e. The Morgan fingerprint density at radius 2 is 1.94 bits per heavy atom. The minimum absolute atomic E-state index is 0.180. The average molecular weight is 241 g/mol. The summed E-state index contributed by atoms with van der Waals surface area (Å²) in [6.07, 6.45) is 8.16. The topological polar surface area (TPSA) is 52.3 Å².